The third-order valence-electron chi connectivity index (χ3n) is 7.10. The highest BCUT2D eigenvalue weighted by molar-refractivity contribution is 5.63. The van der Waals surface area contributed by atoms with Gasteiger partial charge in [0, 0.05) is 30.2 Å². The Morgan fingerprint density at radius 3 is 2.68 bits per heavy atom. The van der Waals surface area contributed by atoms with E-state index in [0.29, 0.717) is 24.1 Å². The van der Waals surface area contributed by atoms with Gasteiger partial charge in [-0.05, 0) is 93.1 Å². The number of methoxy groups -OCH3 is 1. The molecule has 1 fully saturated rings. The van der Waals surface area contributed by atoms with E-state index in [2.05, 4.69) is 31.6 Å². The Bertz CT molecular complexity index is 1180. The third kappa shape index (κ3) is 6.70. The minimum atomic E-state index is -0.398. The Balaban J connectivity index is 1.18. The van der Waals surface area contributed by atoms with Crippen LogP contribution in [0.1, 0.15) is 55.8 Å². The first-order valence-electron chi connectivity index (χ1n) is 13.4. The number of aliphatic hydroxyl groups is 1. The molecule has 1 atom stereocenters. The monoisotopic (exact) mass is 503 g/mol. The summed E-state index contributed by atoms with van der Waals surface area (Å²) in [6.07, 6.45) is 9.14. The summed E-state index contributed by atoms with van der Waals surface area (Å²) in [6, 6.07) is 13.7. The van der Waals surface area contributed by atoms with Crippen LogP contribution in [0.5, 0.6) is 11.5 Å². The number of anilines is 4. The predicted molar refractivity (Wildman–Crippen MR) is 146 cm³/mol. The minimum absolute atomic E-state index is 0.398. The van der Waals surface area contributed by atoms with Crippen LogP contribution in [0.4, 0.5) is 23.1 Å². The normalized spacial score (nSPS) is 17.6. The smallest absolute Gasteiger partial charge is 0.229 e. The van der Waals surface area contributed by atoms with Gasteiger partial charge in [0.15, 0.2) is 11.5 Å². The molecule has 0 spiro atoms. The third-order valence-corrected chi connectivity index (χ3v) is 7.10. The van der Waals surface area contributed by atoms with Gasteiger partial charge in [-0.1, -0.05) is 12.5 Å². The Kier molecular flexibility index (Phi) is 8.38. The van der Waals surface area contributed by atoms with Crippen LogP contribution < -0.4 is 20.1 Å². The Hall–Kier alpha value is -3.36. The fourth-order valence-electron chi connectivity index (χ4n) is 5.14. The highest BCUT2D eigenvalue weighted by Crippen LogP contribution is 2.33. The number of likely N-dealkylation sites (tertiary alicyclic amines) is 1. The molecule has 0 radical (unpaired) electrons. The van der Waals surface area contributed by atoms with E-state index in [-0.39, 0.29) is 0 Å². The summed E-state index contributed by atoms with van der Waals surface area (Å²) in [6.45, 7) is 4.16. The molecule has 196 valence electrons. The summed E-state index contributed by atoms with van der Waals surface area (Å²) in [4.78, 5) is 11.5. The first-order valence-corrected chi connectivity index (χ1v) is 13.4. The topological polar surface area (TPSA) is 91.8 Å². The molecule has 37 heavy (non-hydrogen) atoms. The van der Waals surface area contributed by atoms with E-state index < -0.39 is 6.10 Å². The molecule has 1 saturated heterocycles. The summed E-state index contributed by atoms with van der Waals surface area (Å²) < 4.78 is 11.6. The fourth-order valence-corrected chi connectivity index (χ4v) is 5.14. The van der Waals surface area contributed by atoms with E-state index in [1.807, 2.05) is 36.4 Å². The van der Waals surface area contributed by atoms with Crippen molar-refractivity contribution in [3.63, 3.8) is 0 Å². The zero-order valence-electron chi connectivity index (χ0n) is 21.6. The molecule has 0 saturated carbocycles. The van der Waals surface area contributed by atoms with Crippen LogP contribution >= 0.6 is 0 Å². The van der Waals surface area contributed by atoms with Crippen LogP contribution in [0.2, 0.25) is 0 Å². The molecule has 1 aliphatic heterocycles. The first-order chi connectivity index (χ1) is 18.2. The van der Waals surface area contributed by atoms with Gasteiger partial charge in [0.25, 0.3) is 0 Å². The van der Waals surface area contributed by atoms with Crippen LogP contribution in [-0.2, 0) is 6.42 Å². The molecule has 0 bridgehead atoms. The fraction of sp³-hybridized carbons (Fsp3) is 0.448. The summed E-state index contributed by atoms with van der Waals surface area (Å²) in [5.74, 6) is 2.55. The lowest BCUT2D eigenvalue weighted by Crippen LogP contribution is -2.31. The van der Waals surface area contributed by atoms with E-state index in [1.165, 1.54) is 37.9 Å². The molecule has 3 N–H and O–H groups in total. The molecule has 3 aromatic rings. The highest BCUT2D eigenvalue weighted by atomic mass is 16.5. The number of hydrogen-bond donors (Lipinski definition) is 3. The Labute approximate surface area is 219 Å². The molecule has 1 unspecified atom stereocenters. The maximum absolute atomic E-state index is 10.4. The first kappa shape index (κ1) is 25.3. The average molecular weight is 504 g/mol. The number of aliphatic hydroxyl groups excluding tert-OH is 1. The van der Waals surface area contributed by atoms with Gasteiger partial charge in [-0.2, -0.15) is 4.98 Å². The lowest BCUT2D eigenvalue weighted by Gasteiger charge is -2.26. The van der Waals surface area contributed by atoms with Crippen molar-refractivity contribution < 1.29 is 14.6 Å². The predicted octanol–water partition coefficient (Wildman–Crippen LogP) is 5.60. The largest absolute Gasteiger partial charge is 0.493 e. The second-order valence-electron chi connectivity index (χ2n) is 9.81. The molecular formula is C29H37N5O3. The van der Waals surface area contributed by atoms with E-state index >= 15 is 0 Å². The minimum Gasteiger partial charge on any atom is -0.493 e. The number of fused-ring (bicyclic) bond motifs is 1. The van der Waals surface area contributed by atoms with Crippen molar-refractivity contribution >= 4 is 23.1 Å². The molecule has 5 rings (SSSR count). The Morgan fingerprint density at radius 1 is 0.973 bits per heavy atom. The zero-order valence-corrected chi connectivity index (χ0v) is 21.6. The number of aromatic nitrogens is 2. The number of nitrogens with one attached hydrogen (secondary N) is 2. The summed E-state index contributed by atoms with van der Waals surface area (Å²) in [5, 5.41) is 16.9. The molecule has 2 aliphatic rings. The van der Waals surface area contributed by atoms with Crippen molar-refractivity contribution in [2.75, 3.05) is 44.0 Å². The maximum Gasteiger partial charge on any atom is 0.229 e. The van der Waals surface area contributed by atoms with E-state index in [9.17, 15) is 5.11 Å². The molecule has 2 heterocycles. The van der Waals surface area contributed by atoms with Gasteiger partial charge in [-0.15, -0.1) is 0 Å². The van der Waals surface area contributed by atoms with Crippen LogP contribution in [0.3, 0.4) is 0 Å². The van der Waals surface area contributed by atoms with E-state index in [1.54, 1.807) is 13.3 Å². The number of benzene rings is 2. The quantitative estimate of drug-likeness (QED) is 0.308. The second-order valence-corrected chi connectivity index (χ2v) is 9.81. The molecule has 8 nitrogen and oxygen atoms in total. The van der Waals surface area contributed by atoms with Crippen LogP contribution in [0.15, 0.2) is 48.7 Å². The van der Waals surface area contributed by atoms with Gasteiger partial charge in [0.05, 0.1) is 19.8 Å². The van der Waals surface area contributed by atoms with Crippen LogP contribution in [-0.4, -0.2) is 53.3 Å². The van der Waals surface area contributed by atoms with Crippen molar-refractivity contribution in [2.45, 2.75) is 51.0 Å². The standard InChI is InChI=1S/C29H37N5O3/c1-36-27-20-23(11-12-26(27)37-18-6-17-34-15-3-2-4-16-34)32-29-30-14-13-28(33-29)31-22-10-9-21-7-5-8-25(35)24(21)19-22/h9-14,19-20,25,35H,2-8,15-18H2,1H3,(H2,30,31,32,33). The van der Waals surface area contributed by atoms with Crippen molar-refractivity contribution in [3.8, 4) is 11.5 Å². The highest BCUT2D eigenvalue weighted by Gasteiger charge is 2.18. The van der Waals surface area contributed by atoms with Gasteiger partial charge in [0.1, 0.15) is 5.82 Å². The second kappa shape index (κ2) is 12.3. The van der Waals surface area contributed by atoms with Crippen LogP contribution in [0, 0.1) is 0 Å². The van der Waals surface area contributed by atoms with Crippen molar-refractivity contribution in [1.29, 1.82) is 0 Å². The average Bonchev–Trinajstić information content (AvgIpc) is 2.93. The van der Waals surface area contributed by atoms with Gasteiger partial charge in [-0.25, -0.2) is 4.98 Å². The van der Waals surface area contributed by atoms with Crippen molar-refractivity contribution in [2.24, 2.45) is 0 Å². The maximum atomic E-state index is 10.4. The van der Waals surface area contributed by atoms with Crippen molar-refractivity contribution in [3.05, 3.63) is 59.8 Å². The zero-order chi connectivity index (χ0) is 25.5. The van der Waals surface area contributed by atoms with Gasteiger partial charge in [0.2, 0.25) is 5.95 Å². The van der Waals surface area contributed by atoms with E-state index in [0.717, 1.165) is 54.9 Å². The number of aryl methyl sites for hydroxylation is 1. The summed E-state index contributed by atoms with van der Waals surface area (Å²) in [7, 11) is 1.65. The number of rotatable bonds is 10. The molecule has 2 aromatic carbocycles. The molecule has 1 aromatic heterocycles. The summed E-state index contributed by atoms with van der Waals surface area (Å²) >= 11 is 0. The number of ether oxygens (including phenoxy) is 2. The molecule has 0 amide bonds. The van der Waals surface area contributed by atoms with Crippen LogP contribution in [0.25, 0.3) is 0 Å². The lowest BCUT2D eigenvalue weighted by atomic mass is 9.89. The number of nitrogens with zero attached hydrogens (tertiary/aromatic N) is 3. The van der Waals surface area contributed by atoms with E-state index in [4.69, 9.17) is 9.47 Å². The number of hydrogen-bond acceptors (Lipinski definition) is 8. The lowest BCUT2D eigenvalue weighted by molar-refractivity contribution is 0.156. The summed E-state index contributed by atoms with van der Waals surface area (Å²) in [5.41, 5.74) is 3.93. The Morgan fingerprint density at radius 2 is 1.81 bits per heavy atom. The van der Waals surface area contributed by atoms with Gasteiger partial charge in [-0.3, -0.25) is 0 Å². The molecule has 8 heteroatoms. The number of piperidine rings is 1. The molecule has 1 aliphatic carbocycles. The SMILES string of the molecule is COc1cc(Nc2nccc(Nc3ccc4c(c3)C(O)CCC4)n2)ccc1OCCCN1CCCCC1. The van der Waals surface area contributed by atoms with Gasteiger partial charge < -0.3 is 30.1 Å². The van der Waals surface area contributed by atoms with Gasteiger partial charge >= 0.3 is 0 Å². The van der Waals surface area contributed by atoms with Crippen molar-refractivity contribution in [1.82, 2.24) is 14.9 Å². The molecular weight excluding hydrogens is 466 g/mol.